The Kier molecular flexibility index (Phi) is 4.64. The van der Waals surface area contributed by atoms with Crippen LogP contribution in [0.15, 0.2) is 42.5 Å². The van der Waals surface area contributed by atoms with Crippen LogP contribution in [-0.4, -0.2) is 6.03 Å². The zero-order valence-electron chi connectivity index (χ0n) is 11.5. The van der Waals surface area contributed by atoms with Gasteiger partial charge in [0, 0.05) is 5.69 Å². The Labute approximate surface area is 124 Å². The fraction of sp³-hybridized carbons (Fsp3) is 0.188. The zero-order valence-corrected chi connectivity index (χ0v) is 12.3. The first-order valence-corrected chi connectivity index (χ1v) is 6.90. The van der Waals surface area contributed by atoms with Crippen LogP contribution in [0.4, 0.5) is 16.2 Å². The minimum absolute atomic E-state index is 0.301. The first-order valence-electron chi connectivity index (χ1n) is 6.52. The third kappa shape index (κ3) is 3.52. The van der Waals surface area contributed by atoms with E-state index in [4.69, 9.17) is 11.6 Å². The molecule has 0 spiro atoms. The quantitative estimate of drug-likeness (QED) is 0.832. The Balaban J connectivity index is 2.07. The van der Waals surface area contributed by atoms with Crippen molar-refractivity contribution in [1.29, 1.82) is 0 Å². The van der Waals surface area contributed by atoms with E-state index in [9.17, 15) is 4.79 Å². The minimum Gasteiger partial charge on any atom is -0.307 e. The number of rotatable bonds is 3. The molecule has 0 atom stereocenters. The maximum atomic E-state index is 12.0. The van der Waals surface area contributed by atoms with Crippen molar-refractivity contribution in [1.82, 2.24) is 0 Å². The SMILES string of the molecule is CCc1ccc(NC(=O)Nc2ccccc2Cl)c(C)c1. The van der Waals surface area contributed by atoms with Gasteiger partial charge >= 0.3 is 6.03 Å². The van der Waals surface area contributed by atoms with E-state index in [1.165, 1.54) is 5.56 Å². The van der Waals surface area contributed by atoms with Crippen molar-refractivity contribution in [2.24, 2.45) is 0 Å². The monoisotopic (exact) mass is 288 g/mol. The van der Waals surface area contributed by atoms with Crippen molar-refractivity contribution in [3.05, 3.63) is 58.6 Å². The lowest BCUT2D eigenvalue weighted by Gasteiger charge is -2.11. The standard InChI is InChI=1S/C16H17ClN2O/c1-3-12-8-9-14(11(2)10-12)18-16(20)19-15-7-5-4-6-13(15)17/h4-10H,3H2,1-2H3,(H2,18,19,20). The smallest absolute Gasteiger partial charge is 0.307 e. The van der Waals surface area contributed by atoms with Gasteiger partial charge in [-0.15, -0.1) is 0 Å². The average molecular weight is 289 g/mol. The maximum absolute atomic E-state index is 12.0. The highest BCUT2D eigenvalue weighted by Gasteiger charge is 2.07. The number of anilines is 2. The van der Waals surface area contributed by atoms with E-state index in [1.54, 1.807) is 12.1 Å². The molecule has 0 fully saturated rings. The van der Waals surface area contributed by atoms with Crippen molar-refractivity contribution in [3.63, 3.8) is 0 Å². The number of urea groups is 1. The number of carbonyl (C=O) groups is 1. The number of amides is 2. The van der Waals surface area contributed by atoms with Gasteiger partial charge in [0.05, 0.1) is 10.7 Å². The zero-order chi connectivity index (χ0) is 14.5. The lowest BCUT2D eigenvalue weighted by atomic mass is 10.1. The first-order chi connectivity index (χ1) is 9.60. The second kappa shape index (κ2) is 6.44. The van der Waals surface area contributed by atoms with Crippen LogP contribution in [-0.2, 0) is 6.42 Å². The van der Waals surface area contributed by atoms with Gasteiger partial charge in [-0.05, 0) is 42.7 Å². The maximum Gasteiger partial charge on any atom is 0.323 e. The van der Waals surface area contributed by atoms with Crippen molar-refractivity contribution >= 4 is 29.0 Å². The number of hydrogen-bond acceptors (Lipinski definition) is 1. The van der Waals surface area contributed by atoms with Crippen LogP contribution in [0.2, 0.25) is 5.02 Å². The lowest BCUT2D eigenvalue weighted by Crippen LogP contribution is -2.20. The molecule has 0 unspecified atom stereocenters. The molecule has 3 nitrogen and oxygen atoms in total. The summed E-state index contributed by atoms with van der Waals surface area (Å²) in [5.41, 5.74) is 3.68. The fourth-order valence-corrected chi connectivity index (χ4v) is 2.11. The molecule has 0 aliphatic heterocycles. The summed E-state index contributed by atoms with van der Waals surface area (Å²) in [6.45, 7) is 4.08. The fourth-order valence-electron chi connectivity index (χ4n) is 1.92. The Hall–Kier alpha value is -2.00. The van der Waals surface area contributed by atoms with Crippen LogP contribution in [0.25, 0.3) is 0 Å². The van der Waals surface area contributed by atoms with E-state index < -0.39 is 0 Å². The number of hydrogen-bond donors (Lipinski definition) is 2. The minimum atomic E-state index is -0.301. The van der Waals surface area contributed by atoms with Crippen LogP contribution in [0.5, 0.6) is 0 Å². The summed E-state index contributed by atoms with van der Waals surface area (Å²) in [6, 6.07) is 12.8. The Morgan fingerprint density at radius 2 is 1.80 bits per heavy atom. The van der Waals surface area contributed by atoms with Crippen molar-refractivity contribution in [3.8, 4) is 0 Å². The third-order valence-corrected chi connectivity index (χ3v) is 3.40. The number of aryl methyl sites for hydroxylation is 2. The Morgan fingerprint density at radius 1 is 1.10 bits per heavy atom. The normalized spacial score (nSPS) is 10.2. The predicted molar refractivity (Wildman–Crippen MR) is 84.7 cm³/mol. The largest absolute Gasteiger partial charge is 0.323 e. The van der Waals surface area contributed by atoms with E-state index in [2.05, 4.69) is 23.6 Å². The van der Waals surface area contributed by atoms with Crippen molar-refractivity contribution in [2.45, 2.75) is 20.3 Å². The van der Waals surface area contributed by atoms with Crippen LogP contribution in [0, 0.1) is 6.92 Å². The molecule has 2 aromatic rings. The second-order valence-electron chi connectivity index (χ2n) is 4.56. The number of benzene rings is 2. The molecule has 0 bridgehead atoms. The van der Waals surface area contributed by atoms with Gasteiger partial charge in [0.2, 0.25) is 0 Å². The number of halogens is 1. The van der Waals surface area contributed by atoms with Crippen molar-refractivity contribution in [2.75, 3.05) is 10.6 Å². The van der Waals surface area contributed by atoms with Crippen molar-refractivity contribution < 1.29 is 4.79 Å². The van der Waals surface area contributed by atoms with Gasteiger partial charge in [0.15, 0.2) is 0 Å². The van der Waals surface area contributed by atoms with Crippen LogP contribution in [0.1, 0.15) is 18.1 Å². The van der Waals surface area contributed by atoms with Gasteiger partial charge in [-0.25, -0.2) is 4.79 Å². The second-order valence-corrected chi connectivity index (χ2v) is 4.97. The summed E-state index contributed by atoms with van der Waals surface area (Å²) in [6.07, 6.45) is 0.979. The Bertz CT molecular complexity index is 626. The van der Waals surface area contributed by atoms with E-state index in [0.29, 0.717) is 10.7 Å². The molecule has 2 amide bonds. The van der Waals surface area contributed by atoms with Gasteiger partial charge in [-0.2, -0.15) is 0 Å². The molecule has 0 saturated heterocycles. The summed E-state index contributed by atoms with van der Waals surface area (Å²) in [5, 5.41) is 6.08. The Morgan fingerprint density at radius 3 is 2.45 bits per heavy atom. The van der Waals surface area contributed by atoms with Gasteiger partial charge in [0.25, 0.3) is 0 Å². The summed E-state index contributed by atoms with van der Waals surface area (Å²) >= 11 is 6.00. The van der Waals surface area contributed by atoms with E-state index in [1.807, 2.05) is 31.2 Å². The van der Waals surface area contributed by atoms with E-state index >= 15 is 0 Å². The molecular weight excluding hydrogens is 272 g/mol. The van der Waals surface area contributed by atoms with Gasteiger partial charge in [0.1, 0.15) is 0 Å². The molecule has 4 heteroatoms. The van der Waals surface area contributed by atoms with E-state index in [-0.39, 0.29) is 6.03 Å². The molecule has 0 radical (unpaired) electrons. The molecule has 104 valence electrons. The molecule has 20 heavy (non-hydrogen) atoms. The lowest BCUT2D eigenvalue weighted by molar-refractivity contribution is 0.262. The number of para-hydroxylation sites is 1. The number of nitrogens with one attached hydrogen (secondary N) is 2. The highest BCUT2D eigenvalue weighted by Crippen LogP contribution is 2.21. The summed E-state index contributed by atoms with van der Waals surface area (Å²) in [5.74, 6) is 0. The molecule has 0 saturated carbocycles. The average Bonchev–Trinajstić information content (AvgIpc) is 2.43. The number of carbonyl (C=O) groups excluding carboxylic acids is 1. The summed E-state index contributed by atoms with van der Waals surface area (Å²) < 4.78 is 0. The molecule has 2 rings (SSSR count). The predicted octanol–water partition coefficient (Wildman–Crippen LogP) is 4.85. The topological polar surface area (TPSA) is 41.1 Å². The highest BCUT2D eigenvalue weighted by molar-refractivity contribution is 6.33. The van der Waals surface area contributed by atoms with Gasteiger partial charge in [-0.3, -0.25) is 0 Å². The third-order valence-electron chi connectivity index (χ3n) is 3.07. The molecule has 0 aliphatic carbocycles. The molecule has 0 aromatic heterocycles. The van der Waals surface area contributed by atoms with E-state index in [0.717, 1.165) is 17.7 Å². The summed E-state index contributed by atoms with van der Waals surface area (Å²) in [4.78, 5) is 12.0. The van der Waals surface area contributed by atoms with Gasteiger partial charge < -0.3 is 10.6 Å². The van der Waals surface area contributed by atoms with Crippen LogP contribution >= 0.6 is 11.6 Å². The summed E-state index contributed by atoms with van der Waals surface area (Å²) in [7, 11) is 0. The molecule has 2 N–H and O–H groups in total. The molecule has 0 heterocycles. The van der Waals surface area contributed by atoms with Gasteiger partial charge in [-0.1, -0.05) is 42.8 Å². The highest BCUT2D eigenvalue weighted by atomic mass is 35.5. The molecular formula is C16H17ClN2O. The first kappa shape index (κ1) is 14.4. The molecule has 0 aliphatic rings. The van der Waals surface area contributed by atoms with Crippen LogP contribution < -0.4 is 10.6 Å². The van der Waals surface area contributed by atoms with Crippen LogP contribution in [0.3, 0.4) is 0 Å². The molecule has 2 aromatic carbocycles.